The predicted molar refractivity (Wildman–Crippen MR) is 145 cm³/mol. The summed E-state index contributed by atoms with van der Waals surface area (Å²) in [4.78, 5) is 17.5. The third-order valence-corrected chi connectivity index (χ3v) is 6.87. The molecule has 0 aliphatic rings. The van der Waals surface area contributed by atoms with Crippen LogP contribution in [0.5, 0.6) is 0 Å². The van der Waals surface area contributed by atoms with E-state index in [4.69, 9.17) is 28.2 Å². The first-order valence-corrected chi connectivity index (χ1v) is 12.5. The third-order valence-electron chi connectivity index (χ3n) is 5.39. The molecule has 0 saturated carbocycles. The number of aromatic nitrogens is 1. The summed E-state index contributed by atoms with van der Waals surface area (Å²) in [6, 6.07) is 24.7. The van der Waals surface area contributed by atoms with E-state index in [2.05, 4.69) is 11.4 Å². The number of nitriles is 1. The van der Waals surface area contributed by atoms with Crippen molar-refractivity contribution in [1.82, 2.24) is 4.98 Å². The van der Waals surface area contributed by atoms with Crippen LogP contribution in [-0.2, 0) is 4.79 Å². The largest absolute Gasteiger partial charge is 0.325 e. The Bertz CT molecular complexity index is 1430. The Morgan fingerprint density at radius 1 is 0.943 bits per heavy atom. The SMILES string of the molecule is Cc1ccc(NC(=O)CSc2nc(-c3ccc(Cl)cc3)cc(-c3ccc(Cl)cc3)c2C#N)c(C)c1. The topological polar surface area (TPSA) is 65.8 Å². The average molecular weight is 518 g/mol. The molecule has 3 aromatic carbocycles. The molecule has 4 aromatic rings. The number of nitrogens with one attached hydrogen (secondary N) is 1. The zero-order valence-electron chi connectivity index (χ0n) is 19.1. The zero-order chi connectivity index (χ0) is 24.9. The highest BCUT2D eigenvalue weighted by Gasteiger charge is 2.17. The van der Waals surface area contributed by atoms with Gasteiger partial charge in [-0.3, -0.25) is 4.79 Å². The van der Waals surface area contributed by atoms with E-state index in [0.717, 1.165) is 33.5 Å². The molecule has 0 radical (unpaired) electrons. The molecule has 1 N–H and O–H groups in total. The van der Waals surface area contributed by atoms with Crippen molar-refractivity contribution in [2.45, 2.75) is 18.9 Å². The summed E-state index contributed by atoms with van der Waals surface area (Å²) >= 11 is 13.4. The molecule has 0 spiro atoms. The number of carbonyl (C=O) groups is 1. The van der Waals surface area contributed by atoms with Crippen molar-refractivity contribution in [2.75, 3.05) is 11.1 Å². The molecule has 4 rings (SSSR count). The number of hydrogen-bond acceptors (Lipinski definition) is 4. The van der Waals surface area contributed by atoms with Gasteiger partial charge >= 0.3 is 0 Å². The number of halogens is 2. The highest BCUT2D eigenvalue weighted by molar-refractivity contribution is 8.00. The fourth-order valence-electron chi connectivity index (χ4n) is 3.63. The molecule has 1 heterocycles. The fraction of sp³-hybridized carbons (Fsp3) is 0.107. The molecule has 174 valence electrons. The lowest BCUT2D eigenvalue weighted by Crippen LogP contribution is -2.15. The number of anilines is 1. The molecule has 0 atom stereocenters. The van der Waals surface area contributed by atoms with Gasteiger partial charge in [0.25, 0.3) is 0 Å². The van der Waals surface area contributed by atoms with Gasteiger partial charge in [-0.1, -0.05) is 76.9 Å². The van der Waals surface area contributed by atoms with Crippen LogP contribution >= 0.6 is 35.0 Å². The number of nitrogens with zero attached hydrogens (tertiary/aromatic N) is 2. The van der Waals surface area contributed by atoms with Crippen LogP contribution in [0.4, 0.5) is 5.69 Å². The molecule has 0 aliphatic heterocycles. The standard InChI is InChI=1S/C28H21Cl2N3OS/c1-17-3-12-25(18(2)13-17)32-27(34)16-35-28-24(15-31)23(19-4-8-21(29)9-5-19)14-26(33-28)20-6-10-22(30)11-7-20/h3-14H,16H2,1-2H3,(H,32,34). The van der Waals surface area contributed by atoms with E-state index in [1.54, 1.807) is 24.3 Å². The van der Waals surface area contributed by atoms with Crippen molar-refractivity contribution in [3.63, 3.8) is 0 Å². The highest BCUT2D eigenvalue weighted by Crippen LogP contribution is 2.35. The maximum Gasteiger partial charge on any atom is 0.234 e. The smallest absolute Gasteiger partial charge is 0.234 e. The summed E-state index contributed by atoms with van der Waals surface area (Å²) in [5.74, 6) is -0.0587. The monoisotopic (exact) mass is 517 g/mol. The van der Waals surface area contributed by atoms with Crippen molar-refractivity contribution in [3.05, 3.63) is 99.5 Å². The van der Waals surface area contributed by atoms with Gasteiger partial charge in [-0.15, -0.1) is 0 Å². The van der Waals surface area contributed by atoms with Gasteiger partial charge in [-0.25, -0.2) is 4.98 Å². The number of benzene rings is 3. The summed E-state index contributed by atoms with van der Waals surface area (Å²) < 4.78 is 0. The Morgan fingerprint density at radius 3 is 2.17 bits per heavy atom. The second kappa shape index (κ2) is 11.0. The summed E-state index contributed by atoms with van der Waals surface area (Å²) in [5, 5.41) is 14.7. The van der Waals surface area contributed by atoms with Gasteiger partial charge in [-0.05, 0) is 61.4 Å². The van der Waals surface area contributed by atoms with Crippen molar-refractivity contribution >= 4 is 46.6 Å². The molecule has 0 unspecified atom stereocenters. The van der Waals surface area contributed by atoms with Crippen molar-refractivity contribution in [2.24, 2.45) is 0 Å². The van der Waals surface area contributed by atoms with Crippen LogP contribution in [0, 0.1) is 25.2 Å². The lowest BCUT2D eigenvalue weighted by atomic mass is 9.99. The number of aryl methyl sites for hydroxylation is 2. The van der Waals surface area contributed by atoms with Crippen LogP contribution in [0.25, 0.3) is 22.4 Å². The summed E-state index contributed by atoms with van der Waals surface area (Å²) in [6.45, 7) is 3.97. The Kier molecular flexibility index (Phi) is 7.77. The summed E-state index contributed by atoms with van der Waals surface area (Å²) in [7, 11) is 0. The van der Waals surface area contributed by atoms with Gasteiger partial charge in [-0.2, -0.15) is 5.26 Å². The maximum atomic E-state index is 12.7. The molecule has 0 bridgehead atoms. The molecule has 7 heteroatoms. The van der Waals surface area contributed by atoms with E-state index in [9.17, 15) is 10.1 Å². The fourth-order valence-corrected chi connectivity index (χ4v) is 4.69. The first kappa shape index (κ1) is 24.8. The highest BCUT2D eigenvalue weighted by atomic mass is 35.5. The second-order valence-corrected chi connectivity index (χ2v) is 9.85. The first-order chi connectivity index (χ1) is 16.8. The second-order valence-electron chi connectivity index (χ2n) is 8.02. The molecular formula is C28H21Cl2N3OS. The number of rotatable bonds is 6. The van der Waals surface area contributed by atoms with Crippen molar-refractivity contribution in [3.8, 4) is 28.5 Å². The van der Waals surface area contributed by atoms with Gasteiger partial charge in [0.1, 0.15) is 11.1 Å². The third kappa shape index (κ3) is 6.04. The molecule has 4 nitrogen and oxygen atoms in total. The molecule has 0 aliphatic carbocycles. The molecule has 35 heavy (non-hydrogen) atoms. The number of thioether (sulfide) groups is 1. The van der Waals surface area contributed by atoms with Crippen LogP contribution in [0.15, 0.2) is 77.8 Å². The van der Waals surface area contributed by atoms with Gasteiger partial charge in [0, 0.05) is 26.9 Å². The van der Waals surface area contributed by atoms with Crippen molar-refractivity contribution in [1.29, 1.82) is 5.26 Å². The lowest BCUT2D eigenvalue weighted by molar-refractivity contribution is -0.113. The zero-order valence-corrected chi connectivity index (χ0v) is 21.4. The Balaban J connectivity index is 1.69. The van der Waals surface area contributed by atoms with E-state index in [-0.39, 0.29) is 11.7 Å². The van der Waals surface area contributed by atoms with Crippen LogP contribution in [0.1, 0.15) is 16.7 Å². The Labute approximate surface area is 218 Å². The summed E-state index contributed by atoms with van der Waals surface area (Å²) in [6.07, 6.45) is 0. The van der Waals surface area contributed by atoms with Gasteiger partial charge in [0.15, 0.2) is 0 Å². The van der Waals surface area contributed by atoms with Gasteiger partial charge in [0.2, 0.25) is 5.91 Å². The van der Waals surface area contributed by atoms with E-state index in [1.807, 2.05) is 62.4 Å². The van der Waals surface area contributed by atoms with Crippen LogP contribution in [-0.4, -0.2) is 16.6 Å². The van der Waals surface area contributed by atoms with Crippen LogP contribution < -0.4 is 5.32 Å². The van der Waals surface area contributed by atoms with Crippen molar-refractivity contribution < 1.29 is 4.79 Å². The minimum atomic E-state index is -0.169. The molecule has 1 amide bonds. The molecule has 0 saturated heterocycles. The summed E-state index contributed by atoms with van der Waals surface area (Å²) in [5.41, 5.74) is 6.41. The van der Waals surface area contributed by atoms with E-state index in [0.29, 0.717) is 26.3 Å². The first-order valence-electron chi connectivity index (χ1n) is 10.8. The minimum absolute atomic E-state index is 0.110. The minimum Gasteiger partial charge on any atom is -0.325 e. The van der Waals surface area contributed by atoms with Crippen LogP contribution in [0.3, 0.4) is 0 Å². The molecular weight excluding hydrogens is 497 g/mol. The maximum absolute atomic E-state index is 12.7. The number of pyridine rings is 1. The molecule has 1 aromatic heterocycles. The normalized spacial score (nSPS) is 10.6. The average Bonchev–Trinajstić information content (AvgIpc) is 2.85. The quantitative estimate of drug-likeness (QED) is 0.263. The van der Waals surface area contributed by atoms with Crippen LogP contribution in [0.2, 0.25) is 10.0 Å². The Hall–Kier alpha value is -3.30. The Morgan fingerprint density at radius 2 is 1.57 bits per heavy atom. The van der Waals surface area contributed by atoms with E-state index < -0.39 is 0 Å². The number of hydrogen-bond donors (Lipinski definition) is 1. The molecule has 0 fully saturated rings. The van der Waals surface area contributed by atoms with Gasteiger partial charge in [0.05, 0.1) is 17.0 Å². The van der Waals surface area contributed by atoms with E-state index >= 15 is 0 Å². The number of amides is 1. The van der Waals surface area contributed by atoms with E-state index in [1.165, 1.54) is 11.8 Å². The predicted octanol–water partition coefficient (Wildman–Crippen LogP) is 7.94. The number of carbonyl (C=O) groups excluding carboxylic acids is 1. The van der Waals surface area contributed by atoms with Gasteiger partial charge < -0.3 is 5.32 Å². The lowest BCUT2D eigenvalue weighted by Gasteiger charge is -2.13.